The van der Waals surface area contributed by atoms with Gasteiger partial charge >= 0.3 is 5.97 Å². The third-order valence-electron chi connectivity index (χ3n) is 2.14. The molecule has 0 radical (unpaired) electrons. The summed E-state index contributed by atoms with van der Waals surface area (Å²) in [6, 6.07) is 3.43. The maximum atomic E-state index is 12.9. The van der Waals surface area contributed by atoms with E-state index >= 15 is 0 Å². The lowest BCUT2D eigenvalue weighted by molar-refractivity contribution is -0.140. The van der Waals surface area contributed by atoms with Crippen molar-refractivity contribution >= 4 is 5.97 Å². The summed E-state index contributed by atoms with van der Waals surface area (Å²) in [5, 5.41) is 0. The molecular weight excluding hydrogens is 221 g/mol. The van der Waals surface area contributed by atoms with E-state index < -0.39 is 23.8 Å². The van der Waals surface area contributed by atoms with Crippen LogP contribution < -0.4 is 0 Å². The average Bonchev–Trinajstić information content (AvgIpc) is 2.27. The molecule has 0 aliphatic heterocycles. The monoisotopic (exact) mass is 232 g/mol. The molecule has 0 unspecified atom stereocenters. The zero-order valence-corrected chi connectivity index (χ0v) is 8.67. The van der Waals surface area contributed by atoms with Gasteiger partial charge < -0.3 is 4.74 Å². The van der Waals surface area contributed by atoms with Gasteiger partial charge in [0, 0.05) is 6.42 Å². The molecule has 0 amide bonds. The minimum Gasteiger partial charge on any atom is -0.469 e. The smallest absolute Gasteiger partial charge is 0.305 e. The molecule has 0 bridgehead atoms. The fourth-order valence-corrected chi connectivity index (χ4v) is 1.26. The third kappa shape index (κ3) is 3.25. The second-order valence-corrected chi connectivity index (χ2v) is 3.23. The summed E-state index contributed by atoms with van der Waals surface area (Å²) in [5.74, 6) is -1.36. The molecule has 2 nitrogen and oxygen atoms in total. The van der Waals surface area contributed by atoms with Crippen LogP contribution in [-0.2, 0) is 16.0 Å². The number of aryl methyl sites for hydroxylation is 1. The molecule has 0 saturated carbocycles. The van der Waals surface area contributed by atoms with Crippen molar-refractivity contribution in [2.45, 2.75) is 19.3 Å². The van der Waals surface area contributed by atoms with E-state index in [1.165, 1.54) is 13.2 Å². The van der Waals surface area contributed by atoms with Crippen LogP contribution in [0.1, 0.15) is 24.0 Å². The number of esters is 1. The number of alkyl halides is 2. The van der Waals surface area contributed by atoms with Gasteiger partial charge in [-0.3, -0.25) is 4.79 Å². The Labute approximate surface area is 91.0 Å². The van der Waals surface area contributed by atoms with Crippen molar-refractivity contribution in [1.82, 2.24) is 0 Å². The normalized spacial score (nSPS) is 10.6. The largest absolute Gasteiger partial charge is 0.469 e. The van der Waals surface area contributed by atoms with E-state index in [1.807, 2.05) is 0 Å². The van der Waals surface area contributed by atoms with Gasteiger partial charge in [0.15, 0.2) is 0 Å². The number of methoxy groups -OCH3 is 1. The summed E-state index contributed by atoms with van der Waals surface area (Å²) in [4.78, 5) is 10.8. The summed E-state index contributed by atoms with van der Waals surface area (Å²) >= 11 is 0. The lowest BCUT2D eigenvalue weighted by Gasteiger charge is -2.05. The minimum absolute atomic E-state index is 0.0881. The highest BCUT2D eigenvalue weighted by molar-refractivity contribution is 5.69. The molecule has 1 rings (SSSR count). The Kier molecular flexibility index (Phi) is 4.34. The Morgan fingerprint density at radius 2 is 2.12 bits per heavy atom. The van der Waals surface area contributed by atoms with E-state index in [4.69, 9.17) is 0 Å². The van der Waals surface area contributed by atoms with Gasteiger partial charge in [-0.25, -0.2) is 13.2 Å². The number of ether oxygens (including phenoxy) is 1. The van der Waals surface area contributed by atoms with Crippen LogP contribution in [0.4, 0.5) is 13.2 Å². The molecule has 5 heteroatoms. The zero-order chi connectivity index (χ0) is 12.1. The molecule has 0 spiro atoms. The van der Waals surface area contributed by atoms with Gasteiger partial charge in [0.25, 0.3) is 6.43 Å². The van der Waals surface area contributed by atoms with Gasteiger partial charge in [0.2, 0.25) is 0 Å². The predicted octanol–water partition coefficient (Wildman–Crippen LogP) is 2.87. The van der Waals surface area contributed by atoms with Crippen LogP contribution in [0.5, 0.6) is 0 Å². The Morgan fingerprint density at radius 3 is 2.69 bits per heavy atom. The number of rotatable bonds is 4. The number of halogens is 3. The zero-order valence-electron chi connectivity index (χ0n) is 8.67. The highest BCUT2D eigenvalue weighted by atomic mass is 19.3. The van der Waals surface area contributed by atoms with Crippen molar-refractivity contribution in [1.29, 1.82) is 0 Å². The number of hydrogen-bond donors (Lipinski definition) is 0. The molecule has 1 aromatic carbocycles. The summed E-state index contributed by atoms with van der Waals surface area (Å²) < 4.78 is 42.0. The lowest BCUT2D eigenvalue weighted by Crippen LogP contribution is -2.02. The van der Waals surface area contributed by atoms with E-state index in [0.717, 1.165) is 12.1 Å². The van der Waals surface area contributed by atoms with Gasteiger partial charge in [0.1, 0.15) is 5.82 Å². The van der Waals surface area contributed by atoms with Gasteiger partial charge in [-0.1, -0.05) is 6.07 Å². The molecule has 0 aliphatic carbocycles. The summed E-state index contributed by atoms with van der Waals surface area (Å²) in [5.41, 5.74) is -0.149. The SMILES string of the molecule is COC(=O)CCc1ccc(F)c(C(F)F)c1. The molecular formula is C11H11F3O2. The van der Waals surface area contributed by atoms with Crippen LogP contribution in [0.25, 0.3) is 0 Å². The third-order valence-corrected chi connectivity index (χ3v) is 2.14. The minimum atomic E-state index is -2.85. The average molecular weight is 232 g/mol. The Morgan fingerprint density at radius 1 is 1.44 bits per heavy atom. The molecule has 16 heavy (non-hydrogen) atoms. The molecule has 0 atom stereocenters. The van der Waals surface area contributed by atoms with Gasteiger partial charge in [-0.15, -0.1) is 0 Å². The van der Waals surface area contributed by atoms with Crippen molar-refractivity contribution in [2.75, 3.05) is 7.11 Å². The van der Waals surface area contributed by atoms with E-state index in [0.29, 0.717) is 5.56 Å². The van der Waals surface area contributed by atoms with Crippen molar-refractivity contribution in [2.24, 2.45) is 0 Å². The van der Waals surface area contributed by atoms with Crippen molar-refractivity contribution in [3.63, 3.8) is 0 Å². The van der Waals surface area contributed by atoms with Crippen molar-refractivity contribution < 1.29 is 22.7 Å². The topological polar surface area (TPSA) is 26.3 Å². The van der Waals surface area contributed by atoms with Gasteiger partial charge in [-0.2, -0.15) is 0 Å². The standard InChI is InChI=1S/C11H11F3O2/c1-16-10(15)5-3-7-2-4-9(12)8(6-7)11(13)14/h2,4,6,11H,3,5H2,1H3. The van der Waals surface area contributed by atoms with Crippen LogP contribution in [-0.4, -0.2) is 13.1 Å². The van der Waals surface area contributed by atoms with Crippen LogP contribution in [0.2, 0.25) is 0 Å². The van der Waals surface area contributed by atoms with Crippen molar-refractivity contribution in [3.8, 4) is 0 Å². The highest BCUT2D eigenvalue weighted by Crippen LogP contribution is 2.23. The Hall–Kier alpha value is -1.52. The maximum absolute atomic E-state index is 12.9. The Balaban J connectivity index is 2.75. The molecule has 0 heterocycles. The van der Waals surface area contributed by atoms with E-state index in [9.17, 15) is 18.0 Å². The number of carbonyl (C=O) groups is 1. The number of benzene rings is 1. The second kappa shape index (κ2) is 5.53. The fourth-order valence-electron chi connectivity index (χ4n) is 1.26. The summed E-state index contributed by atoms with van der Waals surface area (Å²) in [6.07, 6.45) is -2.50. The first kappa shape index (κ1) is 12.5. The number of carbonyl (C=O) groups excluding carboxylic acids is 1. The van der Waals surface area contributed by atoms with E-state index in [1.54, 1.807) is 0 Å². The van der Waals surface area contributed by atoms with Crippen LogP contribution in [0.3, 0.4) is 0 Å². The van der Waals surface area contributed by atoms with Gasteiger partial charge in [0.05, 0.1) is 12.7 Å². The molecule has 0 N–H and O–H groups in total. The first-order chi connectivity index (χ1) is 7.54. The van der Waals surface area contributed by atoms with Crippen LogP contribution in [0, 0.1) is 5.82 Å². The second-order valence-electron chi connectivity index (χ2n) is 3.23. The first-order valence-electron chi connectivity index (χ1n) is 4.68. The highest BCUT2D eigenvalue weighted by Gasteiger charge is 2.14. The maximum Gasteiger partial charge on any atom is 0.305 e. The molecule has 0 aromatic heterocycles. The quantitative estimate of drug-likeness (QED) is 0.746. The van der Waals surface area contributed by atoms with E-state index in [-0.39, 0.29) is 12.8 Å². The molecule has 0 aliphatic rings. The molecule has 1 aromatic rings. The lowest BCUT2D eigenvalue weighted by atomic mass is 10.1. The fraction of sp³-hybridized carbons (Fsp3) is 0.364. The first-order valence-corrected chi connectivity index (χ1v) is 4.68. The molecule has 0 saturated heterocycles. The molecule has 88 valence electrons. The number of hydrogen-bond acceptors (Lipinski definition) is 2. The van der Waals surface area contributed by atoms with E-state index in [2.05, 4.69) is 4.74 Å². The predicted molar refractivity (Wildman–Crippen MR) is 51.7 cm³/mol. The Bertz CT molecular complexity index is 377. The summed E-state index contributed by atoms with van der Waals surface area (Å²) in [7, 11) is 1.25. The summed E-state index contributed by atoms with van der Waals surface area (Å²) in [6.45, 7) is 0. The van der Waals surface area contributed by atoms with Crippen LogP contribution >= 0.6 is 0 Å². The van der Waals surface area contributed by atoms with Gasteiger partial charge in [-0.05, 0) is 24.1 Å². The van der Waals surface area contributed by atoms with Crippen molar-refractivity contribution in [3.05, 3.63) is 35.1 Å². The van der Waals surface area contributed by atoms with Crippen LogP contribution in [0.15, 0.2) is 18.2 Å². The molecule has 0 fully saturated rings.